The first-order chi connectivity index (χ1) is 13.3. The Labute approximate surface area is 173 Å². The van der Waals surface area contributed by atoms with Crippen LogP contribution in [-0.4, -0.2) is 0 Å². The van der Waals surface area contributed by atoms with Crippen molar-refractivity contribution in [3.8, 4) is 0 Å². The summed E-state index contributed by atoms with van der Waals surface area (Å²) in [6, 6.07) is 6.91. The van der Waals surface area contributed by atoms with Gasteiger partial charge in [0.2, 0.25) is 0 Å². The molecule has 0 saturated carbocycles. The van der Waals surface area contributed by atoms with Gasteiger partial charge >= 0.3 is 0 Å². The van der Waals surface area contributed by atoms with Crippen LogP contribution >= 0.6 is 9.24 Å². The zero-order valence-electron chi connectivity index (χ0n) is 18.5. The average molecular weight is 391 g/mol. The van der Waals surface area contributed by atoms with Crippen molar-refractivity contribution < 1.29 is 0 Å². The summed E-state index contributed by atoms with van der Waals surface area (Å²) < 4.78 is 0. The smallest absolute Gasteiger partial charge is 0.0268 e. The first-order valence-electron chi connectivity index (χ1n) is 12.2. The minimum atomic E-state index is 1.28. The zero-order valence-corrected chi connectivity index (χ0v) is 19.7. The Morgan fingerprint density at radius 2 is 1.00 bits per heavy atom. The summed E-state index contributed by atoms with van der Waals surface area (Å²) >= 11 is 0. The third-order valence-electron chi connectivity index (χ3n) is 5.89. The van der Waals surface area contributed by atoms with Crippen molar-refractivity contribution in [2.24, 2.45) is 0 Å². The average Bonchev–Trinajstić information content (AvgIpc) is 2.67. The first-order valence-corrected chi connectivity index (χ1v) is 12.7. The summed E-state index contributed by atoms with van der Waals surface area (Å²) in [7, 11) is 2.98. The van der Waals surface area contributed by atoms with Crippen molar-refractivity contribution in [3.63, 3.8) is 0 Å². The lowest BCUT2D eigenvalue weighted by molar-refractivity contribution is 0.571. The molecule has 27 heavy (non-hydrogen) atoms. The van der Waals surface area contributed by atoms with Gasteiger partial charge in [-0.1, -0.05) is 122 Å². The van der Waals surface area contributed by atoms with Crippen LogP contribution in [0.3, 0.4) is 0 Å². The molecule has 0 aromatic heterocycles. The van der Waals surface area contributed by atoms with E-state index in [1.807, 2.05) is 0 Å². The normalized spacial score (nSPS) is 11.2. The van der Waals surface area contributed by atoms with Crippen LogP contribution in [0.25, 0.3) is 0 Å². The molecule has 0 fully saturated rings. The van der Waals surface area contributed by atoms with E-state index in [4.69, 9.17) is 0 Å². The quantitative estimate of drug-likeness (QED) is 0.174. The van der Waals surface area contributed by atoms with Gasteiger partial charge < -0.3 is 0 Å². The van der Waals surface area contributed by atoms with Gasteiger partial charge in [0.05, 0.1) is 0 Å². The Balaban J connectivity index is 2.21. The molecule has 0 heterocycles. The summed E-state index contributed by atoms with van der Waals surface area (Å²) in [4.78, 5) is 0. The van der Waals surface area contributed by atoms with Crippen molar-refractivity contribution in [1.29, 1.82) is 0 Å². The third-order valence-corrected chi connectivity index (χ3v) is 6.43. The lowest BCUT2D eigenvalue weighted by Crippen LogP contribution is -2.07. The van der Waals surface area contributed by atoms with Crippen LogP contribution in [-0.2, 0) is 12.8 Å². The minimum Gasteiger partial charge on any atom is -0.105 e. The molecular weight excluding hydrogens is 343 g/mol. The van der Waals surface area contributed by atoms with Gasteiger partial charge in [-0.3, -0.25) is 0 Å². The summed E-state index contributed by atoms with van der Waals surface area (Å²) in [5.41, 5.74) is 3.26. The maximum absolute atomic E-state index is 2.98. The summed E-state index contributed by atoms with van der Waals surface area (Å²) in [6.07, 6.45) is 25.1. The molecule has 1 atom stereocenters. The maximum Gasteiger partial charge on any atom is -0.0268 e. The van der Waals surface area contributed by atoms with E-state index in [1.54, 1.807) is 11.1 Å². The SMILES string of the molecule is CCCCCCCCCCc1cccc(P)c1CCCCCCCCCC. The van der Waals surface area contributed by atoms with E-state index in [0.717, 1.165) is 0 Å². The summed E-state index contributed by atoms with van der Waals surface area (Å²) in [6.45, 7) is 4.59. The molecule has 0 N–H and O–H groups in total. The molecule has 0 nitrogen and oxygen atoms in total. The van der Waals surface area contributed by atoms with E-state index in [1.165, 1.54) is 121 Å². The number of aryl methyl sites for hydroxylation is 1. The minimum absolute atomic E-state index is 1.28. The van der Waals surface area contributed by atoms with Crippen LogP contribution in [0.4, 0.5) is 0 Å². The fourth-order valence-electron chi connectivity index (χ4n) is 4.08. The first kappa shape index (κ1) is 24.7. The van der Waals surface area contributed by atoms with Gasteiger partial charge in [0.1, 0.15) is 0 Å². The molecule has 0 aliphatic carbocycles. The summed E-state index contributed by atoms with van der Waals surface area (Å²) in [5, 5.41) is 1.44. The number of rotatable bonds is 18. The van der Waals surface area contributed by atoms with E-state index < -0.39 is 0 Å². The Morgan fingerprint density at radius 3 is 1.52 bits per heavy atom. The Hall–Kier alpha value is -0.350. The third kappa shape index (κ3) is 12.7. The maximum atomic E-state index is 2.98. The molecule has 1 rings (SSSR count). The Kier molecular flexibility index (Phi) is 16.2. The molecule has 1 unspecified atom stereocenters. The zero-order chi connectivity index (χ0) is 19.6. The van der Waals surface area contributed by atoms with Crippen LogP contribution in [0.1, 0.15) is 128 Å². The molecule has 0 aliphatic heterocycles. The molecule has 0 aliphatic rings. The highest BCUT2D eigenvalue weighted by atomic mass is 31.0. The summed E-state index contributed by atoms with van der Waals surface area (Å²) in [5.74, 6) is 0. The van der Waals surface area contributed by atoms with Gasteiger partial charge in [0, 0.05) is 0 Å². The Morgan fingerprint density at radius 1 is 0.556 bits per heavy atom. The number of unbranched alkanes of at least 4 members (excludes halogenated alkanes) is 14. The van der Waals surface area contributed by atoms with Crippen molar-refractivity contribution in [2.75, 3.05) is 0 Å². The molecule has 0 radical (unpaired) electrons. The second kappa shape index (κ2) is 17.7. The predicted octanol–water partition coefficient (Wildman–Crippen LogP) is 8.55. The van der Waals surface area contributed by atoms with E-state index in [-0.39, 0.29) is 0 Å². The van der Waals surface area contributed by atoms with E-state index >= 15 is 0 Å². The standard InChI is InChI=1S/C26H47P/c1-3-5-7-9-11-13-15-17-20-24-21-19-23-26(27)25(24)22-18-16-14-12-10-8-6-4-2/h19,21,23H,3-18,20,22,27H2,1-2H3. The topological polar surface area (TPSA) is 0 Å². The van der Waals surface area contributed by atoms with Crippen LogP contribution < -0.4 is 5.30 Å². The van der Waals surface area contributed by atoms with Gasteiger partial charge in [0.25, 0.3) is 0 Å². The molecule has 1 aromatic carbocycles. The fourth-order valence-corrected chi connectivity index (χ4v) is 4.52. The van der Waals surface area contributed by atoms with Gasteiger partial charge in [0.15, 0.2) is 0 Å². The largest absolute Gasteiger partial charge is 0.105 e. The van der Waals surface area contributed by atoms with Crippen molar-refractivity contribution in [2.45, 2.75) is 129 Å². The highest BCUT2D eigenvalue weighted by molar-refractivity contribution is 7.27. The molecule has 0 bridgehead atoms. The van der Waals surface area contributed by atoms with Crippen LogP contribution in [0.5, 0.6) is 0 Å². The van der Waals surface area contributed by atoms with E-state index in [2.05, 4.69) is 41.3 Å². The molecule has 156 valence electrons. The highest BCUT2D eigenvalue weighted by Crippen LogP contribution is 2.18. The van der Waals surface area contributed by atoms with Crippen molar-refractivity contribution in [1.82, 2.24) is 0 Å². The lowest BCUT2D eigenvalue weighted by atomic mass is 9.96. The predicted molar refractivity (Wildman–Crippen MR) is 128 cm³/mol. The molecule has 1 aromatic rings. The van der Waals surface area contributed by atoms with Gasteiger partial charge in [-0.15, -0.1) is 9.24 Å². The second-order valence-electron chi connectivity index (χ2n) is 8.43. The monoisotopic (exact) mass is 390 g/mol. The van der Waals surface area contributed by atoms with E-state index in [0.29, 0.717) is 0 Å². The van der Waals surface area contributed by atoms with Crippen molar-refractivity contribution in [3.05, 3.63) is 29.3 Å². The fraction of sp³-hybridized carbons (Fsp3) is 0.769. The van der Waals surface area contributed by atoms with Crippen molar-refractivity contribution >= 4 is 14.5 Å². The number of hydrogen-bond donors (Lipinski definition) is 0. The molecule has 0 spiro atoms. The van der Waals surface area contributed by atoms with Crippen LogP contribution in [0.15, 0.2) is 18.2 Å². The van der Waals surface area contributed by atoms with Crippen LogP contribution in [0.2, 0.25) is 0 Å². The number of hydrogen-bond acceptors (Lipinski definition) is 0. The molecule has 0 saturated heterocycles. The molecular formula is C26H47P. The lowest BCUT2D eigenvalue weighted by Gasteiger charge is -2.13. The Bertz CT molecular complexity index is 452. The second-order valence-corrected chi connectivity index (χ2v) is 9.06. The van der Waals surface area contributed by atoms with Gasteiger partial charge in [-0.2, -0.15) is 0 Å². The number of benzene rings is 1. The highest BCUT2D eigenvalue weighted by Gasteiger charge is 2.06. The van der Waals surface area contributed by atoms with E-state index in [9.17, 15) is 0 Å². The molecule has 1 heteroatoms. The van der Waals surface area contributed by atoms with Crippen LogP contribution in [0, 0.1) is 0 Å². The van der Waals surface area contributed by atoms with Gasteiger partial charge in [-0.25, -0.2) is 0 Å². The van der Waals surface area contributed by atoms with Gasteiger partial charge in [-0.05, 0) is 42.1 Å². The molecule has 0 amide bonds.